The van der Waals surface area contributed by atoms with Crippen LogP contribution in [-0.2, 0) is 0 Å². The number of carbonyl (C=O) groups is 1. The van der Waals surface area contributed by atoms with Gasteiger partial charge in [0.15, 0.2) is 0 Å². The lowest BCUT2D eigenvalue weighted by atomic mass is 10.2. The van der Waals surface area contributed by atoms with Gasteiger partial charge < -0.3 is 20.7 Å². The number of hydrogen-bond acceptors (Lipinski definition) is 6. The maximum absolute atomic E-state index is 12.4. The predicted molar refractivity (Wildman–Crippen MR) is 107 cm³/mol. The second-order valence-electron chi connectivity index (χ2n) is 5.99. The summed E-state index contributed by atoms with van der Waals surface area (Å²) in [7, 11) is 1.57. The molecule has 0 spiro atoms. The highest BCUT2D eigenvalue weighted by molar-refractivity contribution is 7.07. The average molecular weight is 378 g/mol. The zero-order chi connectivity index (χ0) is 18.8. The first-order chi connectivity index (χ1) is 13.2. The van der Waals surface area contributed by atoms with E-state index >= 15 is 0 Å². The van der Waals surface area contributed by atoms with Gasteiger partial charge in [-0.25, -0.2) is 0 Å². The normalized spacial score (nSPS) is 12.9. The number of anilines is 2. The summed E-state index contributed by atoms with van der Waals surface area (Å²) in [6.07, 6.45) is 0. The summed E-state index contributed by atoms with van der Waals surface area (Å²) < 4.78 is 6.12. The maximum Gasteiger partial charge on any atom is 0.255 e. The molecule has 2 heterocycles. The molecule has 3 N–H and O–H groups in total. The molecule has 0 bridgehead atoms. The molecule has 0 saturated carbocycles. The van der Waals surface area contributed by atoms with Crippen LogP contribution < -0.4 is 30.6 Å². The van der Waals surface area contributed by atoms with Gasteiger partial charge in [-0.05, 0) is 53.9 Å². The van der Waals surface area contributed by atoms with Crippen LogP contribution in [0.4, 0.5) is 11.4 Å². The summed E-state index contributed by atoms with van der Waals surface area (Å²) in [4.78, 5) is 18.9. The minimum absolute atomic E-state index is 0.191. The van der Waals surface area contributed by atoms with Crippen molar-refractivity contribution in [1.82, 2.24) is 0 Å². The number of methoxy groups -OCH3 is 1. The van der Waals surface area contributed by atoms with Gasteiger partial charge in [-0.3, -0.25) is 9.79 Å². The molecule has 0 fully saturated rings. The first-order valence-electron chi connectivity index (χ1n) is 8.36. The van der Waals surface area contributed by atoms with E-state index in [1.165, 1.54) is 0 Å². The highest BCUT2D eigenvalue weighted by atomic mass is 32.1. The van der Waals surface area contributed by atoms with Crippen molar-refractivity contribution in [3.8, 4) is 5.75 Å². The Morgan fingerprint density at radius 1 is 1.22 bits per heavy atom. The fourth-order valence-corrected chi connectivity index (χ4v) is 3.65. The van der Waals surface area contributed by atoms with Gasteiger partial charge in [0.2, 0.25) is 0 Å². The number of amides is 1. The quantitative estimate of drug-likeness (QED) is 0.729. The number of thiophene rings is 1. The largest absolute Gasteiger partial charge is 0.497 e. The molecule has 4 rings (SSSR count). The second kappa shape index (κ2) is 7.13. The first-order valence-corrected chi connectivity index (χ1v) is 9.24. The van der Waals surface area contributed by atoms with Crippen molar-refractivity contribution >= 4 is 34.4 Å². The molecule has 6 nitrogen and oxygen atoms in total. The zero-order valence-electron chi connectivity index (χ0n) is 14.7. The Morgan fingerprint density at radius 3 is 2.81 bits per heavy atom. The third-order valence-corrected chi connectivity index (χ3v) is 5.18. The SMILES string of the molecule is COc1cccc(C(=O)Nc2ccc(N3CN=c4sccc4=C3N)cc2)c1. The zero-order valence-corrected chi connectivity index (χ0v) is 15.5. The van der Waals surface area contributed by atoms with E-state index in [1.807, 2.05) is 40.6 Å². The molecular weight excluding hydrogens is 360 g/mol. The minimum Gasteiger partial charge on any atom is -0.497 e. The summed E-state index contributed by atoms with van der Waals surface area (Å²) in [5.74, 6) is 1.14. The topological polar surface area (TPSA) is 80.0 Å². The molecule has 0 saturated heterocycles. The van der Waals surface area contributed by atoms with E-state index in [0.29, 0.717) is 29.5 Å². The van der Waals surface area contributed by atoms with Crippen LogP contribution in [-0.4, -0.2) is 19.7 Å². The number of nitrogens with one attached hydrogen (secondary N) is 1. The Morgan fingerprint density at radius 2 is 2.04 bits per heavy atom. The van der Waals surface area contributed by atoms with Gasteiger partial charge in [-0.1, -0.05) is 6.07 Å². The van der Waals surface area contributed by atoms with Crippen LogP contribution >= 0.6 is 11.3 Å². The number of fused-ring (bicyclic) bond motifs is 1. The smallest absolute Gasteiger partial charge is 0.255 e. The number of carbonyl (C=O) groups excluding carboxylic acids is 1. The van der Waals surface area contributed by atoms with Crippen molar-refractivity contribution in [2.24, 2.45) is 10.7 Å². The second-order valence-corrected chi connectivity index (χ2v) is 6.88. The number of hydrogen-bond donors (Lipinski definition) is 2. The number of benzene rings is 2. The van der Waals surface area contributed by atoms with Crippen molar-refractivity contribution in [1.29, 1.82) is 0 Å². The lowest BCUT2D eigenvalue weighted by Gasteiger charge is -2.24. The van der Waals surface area contributed by atoms with Crippen LogP contribution in [0.1, 0.15) is 10.4 Å². The van der Waals surface area contributed by atoms with Crippen LogP contribution in [0, 0.1) is 0 Å². The Hall–Kier alpha value is -3.32. The standard InChI is InChI=1S/C20H18N4O2S/c1-26-16-4-2-3-13(11-16)19(25)23-14-5-7-15(8-6-14)24-12-22-20-17(18(24)21)9-10-27-20/h2-11H,12,21H2,1H3,(H,23,25). The molecule has 0 aliphatic carbocycles. The van der Waals surface area contributed by atoms with Gasteiger partial charge in [-0.2, -0.15) is 0 Å². The van der Waals surface area contributed by atoms with E-state index in [4.69, 9.17) is 10.5 Å². The van der Waals surface area contributed by atoms with Crippen LogP contribution in [0.25, 0.3) is 5.82 Å². The third-order valence-electron chi connectivity index (χ3n) is 4.34. The predicted octanol–water partition coefficient (Wildman–Crippen LogP) is 2.13. The van der Waals surface area contributed by atoms with E-state index in [1.54, 1.807) is 42.7 Å². The van der Waals surface area contributed by atoms with Gasteiger partial charge in [0, 0.05) is 16.9 Å². The molecule has 1 aliphatic rings. The number of ether oxygens (including phenoxy) is 1. The van der Waals surface area contributed by atoms with Gasteiger partial charge in [0.1, 0.15) is 22.9 Å². The molecule has 7 heteroatoms. The molecule has 1 amide bonds. The van der Waals surface area contributed by atoms with Crippen molar-refractivity contribution in [2.45, 2.75) is 0 Å². The molecule has 0 unspecified atom stereocenters. The molecule has 0 atom stereocenters. The minimum atomic E-state index is -0.191. The lowest BCUT2D eigenvalue weighted by molar-refractivity contribution is 0.102. The maximum atomic E-state index is 12.4. The Labute approximate surface area is 160 Å². The van der Waals surface area contributed by atoms with Crippen molar-refractivity contribution in [3.63, 3.8) is 0 Å². The molecule has 27 heavy (non-hydrogen) atoms. The number of nitrogens with zero attached hydrogens (tertiary/aromatic N) is 2. The first kappa shape index (κ1) is 17.1. The highest BCUT2D eigenvalue weighted by Gasteiger charge is 2.14. The van der Waals surface area contributed by atoms with Crippen LogP contribution in [0.2, 0.25) is 0 Å². The van der Waals surface area contributed by atoms with E-state index in [0.717, 1.165) is 15.6 Å². The van der Waals surface area contributed by atoms with Gasteiger partial charge in [-0.15, -0.1) is 11.3 Å². The Bertz CT molecular complexity index is 1110. The van der Waals surface area contributed by atoms with Crippen molar-refractivity contribution in [2.75, 3.05) is 24.0 Å². The molecule has 136 valence electrons. The van der Waals surface area contributed by atoms with Crippen LogP contribution in [0.15, 0.2) is 65.0 Å². The third kappa shape index (κ3) is 3.37. The summed E-state index contributed by atoms with van der Waals surface area (Å²) in [6.45, 7) is 0.481. The summed E-state index contributed by atoms with van der Waals surface area (Å²) >= 11 is 1.59. The fraction of sp³-hybridized carbons (Fsp3) is 0.100. The average Bonchev–Trinajstić information content (AvgIpc) is 3.19. The highest BCUT2D eigenvalue weighted by Crippen LogP contribution is 2.22. The van der Waals surface area contributed by atoms with Gasteiger partial charge >= 0.3 is 0 Å². The number of nitrogens with two attached hydrogens (primary N) is 1. The summed E-state index contributed by atoms with van der Waals surface area (Å²) in [5.41, 5.74) is 8.46. The summed E-state index contributed by atoms with van der Waals surface area (Å²) in [5, 5.41) is 5.84. The monoisotopic (exact) mass is 378 g/mol. The lowest BCUT2D eigenvalue weighted by Crippen LogP contribution is -2.41. The van der Waals surface area contributed by atoms with Crippen molar-refractivity contribution < 1.29 is 9.53 Å². The Kier molecular flexibility index (Phi) is 4.52. The van der Waals surface area contributed by atoms with E-state index in [2.05, 4.69) is 10.3 Å². The molecule has 1 aromatic heterocycles. The number of rotatable bonds is 4. The molecule has 2 aromatic carbocycles. The fourth-order valence-electron chi connectivity index (χ4n) is 2.89. The summed E-state index contributed by atoms with van der Waals surface area (Å²) in [6, 6.07) is 16.6. The van der Waals surface area contributed by atoms with Gasteiger partial charge in [0.25, 0.3) is 5.91 Å². The molecular formula is C20H18N4O2S. The molecule has 3 aromatic rings. The molecule has 1 aliphatic heterocycles. The molecule has 0 radical (unpaired) electrons. The van der Waals surface area contributed by atoms with E-state index in [9.17, 15) is 4.79 Å². The van der Waals surface area contributed by atoms with E-state index in [-0.39, 0.29) is 5.91 Å². The van der Waals surface area contributed by atoms with Crippen LogP contribution in [0.5, 0.6) is 5.75 Å². The van der Waals surface area contributed by atoms with E-state index < -0.39 is 0 Å². The van der Waals surface area contributed by atoms with Gasteiger partial charge in [0.05, 0.1) is 12.3 Å². The van der Waals surface area contributed by atoms with Crippen molar-refractivity contribution in [3.05, 3.63) is 75.4 Å². The van der Waals surface area contributed by atoms with Crippen LogP contribution in [0.3, 0.4) is 0 Å². The Balaban J connectivity index is 1.52.